The van der Waals surface area contributed by atoms with Gasteiger partial charge in [0.25, 0.3) is 0 Å². The number of hydrogen-bond donors (Lipinski definition) is 3. The van der Waals surface area contributed by atoms with Gasteiger partial charge in [0.05, 0.1) is 5.92 Å². The largest absolute Gasteiger partial charge is 0.382 e. The number of nitrogens with zero attached hydrogens (tertiary/aromatic N) is 3. The number of H-pyrrole nitrogens is 1. The van der Waals surface area contributed by atoms with E-state index in [1.807, 2.05) is 0 Å². The first-order valence-corrected chi connectivity index (χ1v) is 6.57. The van der Waals surface area contributed by atoms with Crippen molar-refractivity contribution in [3.8, 4) is 0 Å². The van der Waals surface area contributed by atoms with Gasteiger partial charge in [-0.3, -0.25) is 0 Å². The van der Waals surface area contributed by atoms with E-state index in [4.69, 9.17) is 5.73 Å². The maximum atomic E-state index is 5.86. The van der Waals surface area contributed by atoms with Crippen molar-refractivity contribution in [2.45, 2.75) is 12.5 Å². The number of anilines is 1. The second kappa shape index (κ2) is 4.28. The van der Waals surface area contributed by atoms with Gasteiger partial charge in [-0.1, -0.05) is 24.3 Å². The highest BCUT2D eigenvalue weighted by Gasteiger charge is 2.24. The fraction of sp³-hybridized carbons (Fsp3) is 0.214. The zero-order valence-corrected chi connectivity index (χ0v) is 10.8. The molecule has 100 valence electrons. The van der Waals surface area contributed by atoms with Crippen LogP contribution in [0.2, 0.25) is 0 Å². The number of rotatable bonds is 1. The van der Waals surface area contributed by atoms with Crippen molar-refractivity contribution in [3.05, 3.63) is 47.5 Å². The molecule has 0 spiro atoms. The summed E-state index contributed by atoms with van der Waals surface area (Å²) in [6.07, 6.45) is 1.44. The second-order valence-corrected chi connectivity index (χ2v) is 4.96. The van der Waals surface area contributed by atoms with Gasteiger partial charge in [0.2, 0.25) is 0 Å². The molecule has 4 N–H and O–H groups in total. The predicted molar refractivity (Wildman–Crippen MR) is 76.1 cm³/mol. The van der Waals surface area contributed by atoms with Crippen molar-refractivity contribution < 1.29 is 0 Å². The molecule has 0 saturated carbocycles. The van der Waals surface area contributed by atoms with Gasteiger partial charge in [0.15, 0.2) is 11.5 Å². The molecular weight excluding hydrogens is 252 g/mol. The molecule has 6 heteroatoms. The zero-order valence-electron chi connectivity index (χ0n) is 10.8. The Morgan fingerprint density at radius 1 is 1.20 bits per heavy atom. The quantitative estimate of drug-likeness (QED) is 0.615. The minimum atomic E-state index is 0.188. The first-order chi connectivity index (χ1) is 9.83. The summed E-state index contributed by atoms with van der Waals surface area (Å²) in [4.78, 5) is 16.0. The van der Waals surface area contributed by atoms with Crippen molar-refractivity contribution in [2.24, 2.45) is 0 Å². The number of nitrogen functional groups attached to an aromatic ring is 1. The number of hydrogen-bond acceptors (Lipinski definition) is 5. The van der Waals surface area contributed by atoms with Crippen LogP contribution in [0.1, 0.15) is 22.9 Å². The number of benzene rings is 1. The molecule has 3 heterocycles. The van der Waals surface area contributed by atoms with E-state index in [1.54, 1.807) is 0 Å². The van der Waals surface area contributed by atoms with Crippen molar-refractivity contribution in [2.75, 3.05) is 12.3 Å². The molecule has 0 fully saturated rings. The third kappa shape index (κ3) is 1.65. The van der Waals surface area contributed by atoms with Crippen LogP contribution >= 0.6 is 0 Å². The van der Waals surface area contributed by atoms with E-state index >= 15 is 0 Å². The van der Waals surface area contributed by atoms with Crippen molar-refractivity contribution in [1.29, 1.82) is 0 Å². The van der Waals surface area contributed by atoms with Crippen molar-refractivity contribution in [1.82, 2.24) is 25.3 Å². The molecule has 20 heavy (non-hydrogen) atoms. The fourth-order valence-corrected chi connectivity index (χ4v) is 2.77. The normalized spacial score (nSPS) is 18.1. The third-order valence-electron chi connectivity index (χ3n) is 3.76. The molecule has 4 rings (SSSR count). The van der Waals surface area contributed by atoms with Crippen LogP contribution in [0.25, 0.3) is 11.2 Å². The van der Waals surface area contributed by atoms with Gasteiger partial charge in [0, 0.05) is 13.1 Å². The summed E-state index contributed by atoms with van der Waals surface area (Å²) < 4.78 is 0. The highest BCUT2D eigenvalue weighted by molar-refractivity contribution is 5.81. The van der Waals surface area contributed by atoms with Gasteiger partial charge >= 0.3 is 0 Å². The standard InChI is InChI=1S/C14H14N6/c15-12-11-14(18-7-17-12)20-13(19-11)10-6-16-5-8-3-1-2-4-9(8)10/h1-4,7,10,16H,5-6H2,(H3,15,17,18,19,20). The average Bonchev–Trinajstić information content (AvgIpc) is 2.92. The Kier molecular flexibility index (Phi) is 2.43. The highest BCUT2D eigenvalue weighted by Crippen LogP contribution is 2.29. The average molecular weight is 266 g/mol. The minimum absolute atomic E-state index is 0.188. The lowest BCUT2D eigenvalue weighted by Crippen LogP contribution is -2.29. The van der Waals surface area contributed by atoms with Crippen LogP contribution in [0.4, 0.5) is 5.82 Å². The Bertz CT molecular complexity index is 778. The molecule has 0 radical (unpaired) electrons. The van der Waals surface area contributed by atoms with Gasteiger partial charge in [-0.05, 0) is 11.1 Å². The summed E-state index contributed by atoms with van der Waals surface area (Å²) in [6.45, 7) is 1.75. The monoisotopic (exact) mass is 266 g/mol. The fourth-order valence-electron chi connectivity index (χ4n) is 2.77. The Balaban J connectivity index is 1.86. The zero-order chi connectivity index (χ0) is 13.5. The molecule has 1 aromatic carbocycles. The predicted octanol–water partition coefficient (Wildman–Crippen LogP) is 1.17. The minimum Gasteiger partial charge on any atom is -0.382 e. The third-order valence-corrected chi connectivity index (χ3v) is 3.76. The summed E-state index contributed by atoms with van der Waals surface area (Å²) in [5.41, 5.74) is 9.80. The number of fused-ring (bicyclic) bond motifs is 2. The molecule has 0 saturated heterocycles. The summed E-state index contributed by atoms with van der Waals surface area (Å²) in [6, 6.07) is 8.42. The Hall–Kier alpha value is -2.47. The number of aromatic nitrogens is 4. The van der Waals surface area contributed by atoms with E-state index in [9.17, 15) is 0 Å². The Morgan fingerprint density at radius 2 is 2.10 bits per heavy atom. The lowest BCUT2D eigenvalue weighted by Gasteiger charge is -2.24. The number of nitrogens with one attached hydrogen (secondary N) is 2. The second-order valence-electron chi connectivity index (χ2n) is 4.96. The first-order valence-electron chi connectivity index (χ1n) is 6.57. The topological polar surface area (TPSA) is 92.5 Å². The van der Waals surface area contributed by atoms with Crippen molar-refractivity contribution in [3.63, 3.8) is 0 Å². The molecule has 0 aliphatic carbocycles. The van der Waals surface area contributed by atoms with Gasteiger partial charge in [-0.25, -0.2) is 15.0 Å². The van der Waals surface area contributed by atoms with E-state index in [1.165, 1.54) is 17.5 Å². The van der Waals surface area contributed by atoms with Crippen LogP contribution in [0.15, 0.2) is 30.6 Å². The molecular formula is C14H14N6. The lowest BCUT2D eigenvalue weighted by atomic mass is 9.90. The summed E-state index contributed by atoms with van der Waals surface area (Å²) in [5.74, 6) is 1.51. The smallest absolute Gasteiger partial charge is 0.183 e. The molecule has 1 unspecified atom stereocenters. The van der Waals surface area contributed by atoms with Crippen LogP contribution < -0.4 is 11.1 Å². The van der Waals surface area contributed by atoms with Gasteiger partial charge in [-0.15, -0.1) is 0 Å². The first kappa shape index (κ1) is 11.4. The van der Waals surface area contributed by atoms with Gasteiger partial charge < -0.3 is 16.0 Å². The molecule has 0 amide bonds. The lowest BCUT2D eigenvalue weighted by molar-refractivity contribution is 0.576. The van der Waals surface area contributed by atoms with E-state index in [2.05, 4.69) is 49.5 Å². The van der Waals surface area contributed by atoms with Crippen LogP contribution in [0.5, 0.6) is 0 Å². The molecule has 1 atom stereocenters. The van der Waals surface area contributed by atoms with Gasteiger partial charge in [-0.2, -0.15) is 0 Å². The molecule has 1 aliphatic rings. The number of imidazole rings is 1. The molecule has 0 bridgehead atoms. The van der Waals surface area contributed by atoms with Crippen molar-refractivity contribution >= 4 is 17.0 Å². The van der Waals surface area contributed by atoms with Crippen LogP contribution in [0.3, 0.4) is 0 Å². The Labute approximate surface area is 115 Å². The van der Waals surface area contributed by atoms with Crippen LogP contribution in [-0.2, 0) is 6.54 Å². The summed E-state index contributed by atoms with van der Waals surface area (Å²) in [7, 11) is 0. The van der Waals surface area contributed by atoms with Crippen LogP contribution in [0, 0.1) is 0 Å². The van der Waals surface area contributed by atoms with E-state index < -0.39 is 0 Å². The van der Waals surface area contributed by atoms with E-state index in [0.717, 1.165) is 18.9 Å². The van der Waals surface area contributed by atoms with Crippen LogP contribution in [-0.4, -0.2) is 26.5 Å². The molecule has 1 aliphatic heterocycles. The van der Waals surface area contributed by atoms with Gasteiger partial charge in [0.1, 0.15) is 17.7 Å². The van der Waals surface area contributed by atoms with E-state index in [-0.39, 0.29) is 5.92 Å². The maximum absolute atomic E-state index is 5.86. The molecule has 6 nitrogen and oxygen atoms in total. The SMILES string of the molecule is Nc1ncnc2nc(C3CNCc4ccccc43)[nH]c12. The van der Waals surface area contributed by atoms with E-state index in [0.29, 0.717) is 17.0 Å². The number of aromatic amines is 1. The summed E-state index contributed by atoms with van der Waals surface area (Å²) >= 11 is 0. The highest BCUT2D eigenvalue weighted by atomic mass is 15.1. The number of nitrogens with two attached hydrogens (primary N) is 1. The Morgan fingerprint density at radius 3 is 3.00 bits per heavy atom. The molecule has 2 aromatic heterocycles. The molecule has 3 aromatic rings. The summed E-state index contributed by atoms with van der Waals surface area (Å²) in [5, 5.41) is 3.42. The maximum Gasteiger partial charge on any atom is 0.183 e.